The van der Waals surface area contributed by atoms with Gasteiger partial charge in [-0.1, -0.05) is 18.2 Å². The van der Waals surface area contributed by atoms with Crippen molar-refractivity contribution in [2.24, 2.45) is 0 Å². The second-order valence-corrected chi connectivity index (χ2v) is 6.10. The molecule has 0 saturated carbocycles. The maximum atomic E-state index is 12.7. The van der Waals surface area contributed by atoms with Gasteiger partial charge in [-0.25, -0.2) is 0 Å². The van der Waals surface area contributed by atoms with Gasteiger partial charge in [0.15, 0.2) is 0 Å². The van der Waals surface area contributed by atoms with Crippen LogP contribution in [0.1, 0.15) is 36.0 Å². The number of nitrogens with zero attached hydrogens (tertiary/aromatic N) is 1. The number of hydrogen-bond donors (Lipinski definition) is 1. The van der Waals surface area contributed by atoms with Crippen molar-refractivity contribution in [3.8, 4) is 0 Å². The number of hydrogen-bond acceptors (Lipinski definition) is 3. The zero-order valence-corrected chi connectivity index (χ0v) is 13.4. The Balaban J connectivity index is 1.70. The Morgan fingerprint density at radius 1 is 1.39 bits per heavy atom. The van der Waals surface area contributed by atoms with Crippen LogP contribution in [-0.4, -0.2) is 42.1 Å². The summed E-state index contributed by atoms with van der Waals surface area (Å²) in [4.78, 5) is 28.9. The van der Waals surface area contributed by atoms with E-state index in [1.54, 1.807) is 11.9 Å². The molecule has 1 aromatic carbocycles. The highest BCUT2D eigenvalue weighted by Gasteiger charge is 2.18. The van der Waals surface area contributed by atoms with Gasteiger partial charge in [0.05, 0.1) is 11.7 Å². The number of amides is 1. The minimum atomic E-state index is -0.250. The monoisotopic (exact) mass is 314 g/mol. The molecule has 0 unspecified atom stereocenters. The number of carbonyl (C=O) groups is 1. The lowest BCUT2D eigenvalue weighted by molar-refractivity contribution is 0.0764. The van der Waals surface area contributed by atoms with Gasteiger partial charge in [0, 0.05) is 37.2 Å². The van der Waals surface area contributed by atoms with Crippen LogP contribution in [0.2, 0.25) is 0 Å². The summed E-state index contributed by atoms with van der Waals surface area (Å²) in [5.74, 6) is -0.111. The third-order valence-corrected chi connectivity index (χ3v) is 4.37. The van der Waals surface area contributed by atoms with E-state index in [9.17, 15) is 9.59 Å². The van der Waals surface area contributed by atoms with Crippen molar-refractivity contribution in [2.75, 3.05) is 20.2 Å². The second-order valence-electron chi connectivity index (χ2n) is 6.10. The largest absolute Gasteiger partial charge is 0.378 e. The molecule has 5 nitrogen and oxygen atoms in total. The van der Waals surface area contributed by atoms with Gasteiger partial charge in [-0.3, -0.25) is 9.59 Å². The number of carbonyl (C=O) groups excluding carboxylic acids is 1. The second kappa shape index (κ2) is 6.96. The van der Waals surface area contributed by atoms with Crippen LogP contribution >= 0.6 is 0 Å². The van der Waals surface area contributed by atoms with Gasteiger partial charge in [0.25, 0.3) is 5.91 Å². The summed E-state index contributed by atoms with van der Waals surface area (Å²) in [5, 5.41) is 0.781. The smallest absolute Gasteiger partial charge is 0.254 e. The van der Waals surface area contributed by atoms with E-state index in [1.165, 1.54) is 6.07 Å². The lowest BCUT2D eigenvalue weighted by Crippen LogP contribution is -2.29. The highest BCUT2D eigenvalue weighted by Crippen LogP contribution is 2.18. The Morgan fingerprint density at radius 3 is 3.00 bits per heavy atom. The van der Waals surface area contributed by atoms with Crippen molar-refractivity contribution in [3.05, 3.63) is 46.2 Å². The zero-order valence-electron chi connectivity index (χ0n) is 13.4. The van der Waals surface area contributed by atoms with Gasteiger partial charge in [0.2, 0.25) is 5.56 Å². The molecule has 1 saturated heterocycles. The molecule has 0 bridgehead atoms. The van der Waals surface area contributed by atoms with E-state index in [0.29, 0.717) is 23.7 Å². The van der Waals surface area contributed by atoms with Gasteiger partial charge in [-0.15, -0.1) is 0 Å². The standard InChI is InChI=1S/C18H22N2O3/c1-20(10-4-6-13-7-5-11-23-13)18(22)15-12-17(21)19-16-9-3-2-8-14(15)16/h2-3,8-9,12-13H,4-7,10-11H2,1H3,(H,19,21)/t13-/m0/s1. The Hall–Kier alpha value is -2.14. The number of para-hydroxylation sites is 1. The van der Waals surface area contributed by atoms with Crippen LogP contribution in [0.3, 0.4) is 0 Å². The Labute approximate surface area is 135 Å². The number of benzene rings is 1. The third kappa shape index (κ3) is 3.62. The summed E-state index contributed by atoms with van der Waals surface area (Å²) < 4.78 is 5.60. The maximum absolute atomic E-state index is 12.7. The number of aromatic amines is 1. The van der Waals surface area contributed by atoms with Crippen molar-refractivity contribution >= 4 is 16.8 Å². The van der Waals surface area contributed by atoms with Crippen molar-refractivity contribution in [1.82, 2.24) is 9.88 Å². The summed E-state index contributed by atoms with van der Waals surface area (Å²) >= 11 is 0. The van der Waals surface area contributed by atoms with E-state index < -0.39 is 0 Å². The average molecular weight is 314 g/mol. The van der Waals surface area contributed by atoms with Crippen LogP contribution in [0.15, 0.2) is 35.1 Å². The summed E-state index contributed by atoms with van der Waals surface area (Å²) in [6.45, 7) is 1.53. The molecule has 1 atom stereocenters. The van der Waals surface area contributed by atoms with E-state index in [1.807, 2.05) is 24.3 Å². The van der Waals surface area contributed by atoms with Crippen LogP contribution in [-0.2, 0) is 4.74 Å². The SMILES string of the molecule is CN(CCC[C@H]1CCCO1)C(=O)c1cc(=O)[nH]c2ccccc12. The predicted octanol–water partition coefficient (Wildman–Crippen LogP) is 2.56. The summed E-state index contributed by atoms with van der Waals surface area (Å²) in [7, 11) is 1.79. The number of aromatic nitrogens is 1. The molecule has 0 aliphatic carbocycles. The predicted molar refractivity (Wildman–Crippen MR) is 89.7 cm³/mol. The van der Waals surface area contributed by atoms with Gasteiger partial charge in [-0.2, -0.15) is 0 Å². The number of ether oxygens (including phenoxy) is 1. The highest BCUT2D eigenvalue weighted by molar-refractivity contribution is 6.05. The van der Waals surface area contributed by atoms with Gasteiger partial charge >= 0.3 is 0 Å². The molecule has 1 aliphatic rings. The normalized spacial score (nSPS) is 17.5. The molecule has 1 N–H and O–H groups in total. The Morgan fingerprint density at radius 2 is 2.22 bits per heavy atom. The summed E-state index contributed by atoms with van der Waals surface area (Å²) in [6, 6.07) is 8.78. The molecule has 1 fully saturated rings. The van der Waals surface area contributed by atoms with E-state index >= 15 is 0 Å². The van der Waals surface area contributed by atoms with Crippen molar-refractivity contribution in [3.63, 3.8) is 0 Å². The van der Waals surface area contributed by atoms with Crippen molar-refractivity contribution in [2.45, 2.75) is 31.8 Å². The molecule has 1 amide bonds. The van der Waals surface area contributed by atoms with Crippen LogP contribution in [0, 0.1) is 0 Å². The molecule has 0 radical (unpaired) electrons. The highest BCUT2D eigenvalue weighted by atomic mass is 16.5. The lowest BCUT2D eigenvalue weighted by atomic mass is 10.1. The van der Waals surface area contributed by atoms with Crippen LogP contribution in [0.4, 0.5) is 0 Å². The quantitative estimate of drug-likeness (QED) is 0.922. The fraction of sp³-hybridized carbons (Fsp3) is 0.444. The van der Waals surface area contributed by atoms with Gasteiger partial charge in [0.1, 0.15) is 0 Å². The zero-order chi connectivity index (χ0) is 16.2. The Bertz CT molecular complexity index is 747. The van der Waals surface area contributed by atoms with Crippen LogP contribution in [0.25, 0.3) is 10.9 Å². The molecule has 3 rings (SSSR count). The van der Waals surface area contributed by atoms with Crippen molar-refractivity contribution in [1.29, 1.82) is 0 Å². The van der Waals surface area contributed by atoms with Crippen LogP contribution in [0.5, 0.6) is 0 Å². The molecule has 1 aliphatic heterocycles. The Kier molecular flexibility index (Phi) is 4.76. The molecule has 2 heterocycles. The molecule has 23 heavy (non-hydrogen) atoms. The molecule has 0 spiro atoms. The van der Waals surface area contributed by atoms with Crippen LogP contribution < -0.4 is 5.56 Å². The fourth-order valence-electron chi connectivity index (χ4n) is 3.12. The molecule has 1 aromatic heterocycles. The molecular formula is C18H22N2O3. The number of nitrogens with one attached hydrogen (secondary N) is 1. The van der Waals surface area contributed by atoms with Gasteiger partial charge < -0.3 is 14.6 Å². The molecule has 5 heteroatoms. The van der Waals surface area contributed by atoms with E-state index in [2.05, 4.69) is 4.98 Å². The average Bonchev–Trinajstić information content (AvgIpc) is 3.06. The first-order valence-electron chi connectivity index (χ1n) is 8.14. The van der Waals surface area contributed by atoms with E-state index in [4.69, 9.17) is 4.74 Å². The first-order valence-corrected chi connectivity index (χ1v) is 8.14. The first kappa shape index (κ1) is 15.7. The maximum Gasteiger partial charge on any atom is 0.254 e. The number of H-pyrrole nitrogens is 1. The van der Waals surface area contributed by atoms with Gasteiger partial charge in [-0.05, 0) is 31.7 Å². The summed E-state index contributed by atoms with van der Waals surface area (Å²) in [6.07, 6.45) is 4.50. The number of pyridine rings is 1. The topological polar surface area (TPSA) is 62.4 Å². The van der Waals surface area contributed by atoms with Crippen molar-refractivity contribution < 1.29 is 9.53 Å². The first-order chi connectivity index (χ1) is 11.1. The number of rotatable bonds is 5. The molecule has 122 valence electrons. The minimum Gasteiger partial charge on any atom is -0.378 e. The number of fused-ring (bicyclic) bond motifs is 1. The minimum absolute atomic E-state index is 0.111. The molecular weight excluding hydrogens is 292 g/mol. The molecule has 2 aromatic rings. The summed E-state index contributed by atoms with van der Waals surface area (Å²) in [5.41, 5.74) is 0.903. The third-order valence-electron chi connectivity index (χ3n) is 4.37. The van der Waals surface area contributed by atoms with E-state index in [-0.39, 0.29) is 11.5 Å². The van der Waals surface area contributed by atoms with E-state index in [0.717, 1.165) is 37.7 Å². The lowest BCUT2D eigenvalue weighted by Gasteiger charge is -2.19. The fourth-order valence-corrected chi connectivity index (χ4v) is 3.12.